The fourth-order valence-electron chi connectivity index (χ4n) is 1.78. The van der Waals surface area contributed by atoms with Crippen LogP contribution in [-0.2, 0) is 9.53 Å². The monoisotopic (exact) mass is 327 g/mol. The number of unbranched alkanes of at least 4 members (excludes halogenated alkanes) is 3. The summed E-state index contributed by atoms with van der Waals surface area (Å²) >= 11 is 0. The predicted molar refractivity (Wildman–Crippen MR) is 89.3 cm³/mol. The second-order valence-corrected chi connectivity index (χ2v) is 5.24. The Labute approximate surface area is 138 Å². The number of rotatable bonds is 13. The third kappa shape index (κ3) is 16.4. The molecule has 0 saturated heterocycles. The molecule has 0 radical (unpaired) electrons. The summed E-state index contributed by atoms with van der Waals surface area (Å²) in [5.41, 5.74) is 0. The molecule has 1 amide bonds. The SMILES string of the molecule is CCCCCC(O)C=CC=CCNC(=O)OCCCCC(=O)O. The lowest BCUT2D eigenvalue weighted by Crippen LogP contribution is -2.24. The summed E-state index contributed by atoms with van der Waals surface area (Å²) in [7, 11) is 0. The molecule has 6 heteroatoms. The molecule has 0 aromatic rings. The second-order valence-electron chi connectivity index (χ2n) is 5.24. The van der Waals surface area contributed by atoms with E-state index in [9.17, 15) is 14.7 Å². The van der Waals surface area contributed by atoms with Crippen molar-refractivity contribution >= 4 is 12.1 Å². The number of aliphatic carboxylic acids is 1. The van der Waals surface area contributed by atoms with E-state index in [1.807, 2.05) is 0 Å². The topological polar surface area (TPSA) is 95.9 Å². The lowest BCUT2D eigenvalue weighted by Gasteiger charge is -2.04. The molecule has 0 aliphatic rings. The number of carbonyl (C=O) groups is 2. The largest absolute Gasteiger partial charge is 0.481 e. The minimum Gasteiger partial charge on any atom is -0.481 e. The summed E-state index contributed by atoms with van der Waals surface area (Å²) in [4.78, 5) is 21.6. The Morgan fingerprint density at radius 1 is 1.17 bits per heavy atom. The van der Waals surface area contributed by atoms with E-state index >= 15 is 0 Å². The molecule has 1 unspecified atom stereocenters. The van der Waals surface area contributed by atoms with Crippen LogP contribution in [0.15, 0.2) is 24.3 Å². The summed E-state index contributed by atoms with van der Waals surface area (Å²) < 4.78 is 4.89. The maximum Gasteiger partial charge on any atom is 0.407 e. The number of allylic oxidation sites excluding steroid dienone is 2. The fraction of sp³-hybridized carbons (Fsp3) is 0.647. The van der Waals surface area contributed by atoms with Crippen LogP contribution in [0, 0.1) is 0 Å². The molecule has 0 saturated carbocycles. The smallest absolute Gasteiger partial charge is 0.407 e. The average molecular weight is 327 g/mol. The molecule has 0 rings (SSSR count). The van der Waals surface area contributed by atoms with Gasteiger partial charge in [0.1, 0.15) is 0 Å². The van der Waals surface area contributed by atoms with Gasteiger partial charge in [-0.3, -0.25) is 4.79 Å². The van der Waals surface area contributed by atoms with E-state index in [2.05, 4.69) is 12.2 Å². The Hall–Kier alpha value is -1.82. The van der Waals surface area contributed by atoms with Gasteiger partial charge in [0.25, 0.3) is 0 Å². The molecule has 0 heterocycles. The van der Waals surface area contributed by atoms with Crippen LogP contribution in [0.4, 0.5) is 4.79 Å². The lowest BCUT2D eigenvalue weighted by atomic mass is 10.1. The minimum atomic E-state index is -0.844. The molecule has 23 heavy (non-hydrogen) atoms. The number of amides is 1. The van der Waals surface area contributed by atoms with E-state index in [1.165, 1.54) is 0 Å². The molecule has 3 N–H and O–H groups in total. The molecule has 1 atom stereocenters. The van der Waals surface area contributed by atoms with Gasteiger partial charge in [-0.2, -0.15) is 0 Å². The van der Waals surface area contributed by atoms with Crippen molar-refractivity contribution in [2.24, 2.45) is 0 Å². The first-order valence-corrected chi connectivity index (χ1v) is 8.20. The maximum absolute atomic E-state index is 11.3. The van der Waals surface area contributed by atoms with Gasteiger partial charge in [-0.15, -0.1) is 0 Å². The fourth-order valence-corrected chi connectivity index (χ4v) is 1.78. The molecule has 0 aliphatic carbocycles. The third-order valence-corrected chi connectivity index (χ3v) is 3.07. The number of alkyl carbamates (subject to hydrolysis) is 1. The van der Waals surface area contributed by atoms with Crippen LogP contribution in [0.2, 0.25) is 0 Å². The van der Waals surface area contributed by atoms with Gasteiger partial charge in [0.2, 0.25) is 0 Å². The molecule has 0 aliphatic heterocycles. The highest BCUT2D eigenvalue weighted by atomic mass is 16.5. The van der Waals surface area contributed by atoms with Gasteiger partial charge >= 0.3 is 12.1 Å². The Kier molecular flexibility index (Phi) is 13.9. The molecule has 0 aromatic carbocycles. The number of hydrogen-bond acceptors (Lipinski definition) is 4. The number of carbonyl (C=O) groups excluding carboxylic acids is 1. The van der Waals surface area contributed by atoms with Gasteiger partial charge in [-0.1, -0.05) is 50.5 Å². The maximum atomic E-state index is 11.3. The van der Waals surface area contributed by atoms with E-state index in [-0.39, 0.29) is 13.0 Å². The van der Waals surface area contributed by atoms with E-state index in [1.54, 1.807) is 24.3 Å². The van der Waals surface area contributed by atoms with E-state index in [0.717, 1.165) is 25.7 Å². The van der Waals surface area contributed by atoms with Crippen LogP contribution in [0.1, 0.15) is 51.9 Å². The van der Waals surface area contributed by atoms with Crippen molar-refractivity contribution in [3.8, 4) is 0 Å². The highest BCUT2D eigenvalue weighted by Crippen LogP contribution is 2.04. The Morgan fingerprint density at radius 2 is 1.96 bits per heavy atom. The first-order chi connectivity index (χ1) is 11.1. The van der Waals surface area contributed by atoms with Gasteiger partial charge in [-0.05, 0) is 19.3 Å². The van der Waals surface area contributed by atoms with Crippen molar-refractivity contribution in [2.45, 2.75) is 58.0 Å². The highest BCUT2D eigenvalue weighted by Gasteiger charge is 2.01. The molecule has 6 nitrogen and oxygen atoms in total. The van der Waals surface area contributed by atoms with Gasteiger partial charge < -0.3 is 20.3 Å². The summed E-state index contributed by atoms with van der Waals surface area (Å²) in [6, 6.07) is 0. The van der Waals surface area contributed by atoms with Gasteiger partial charge in [-0.25, -0.2) is 4.79 Å². The Balaban J connectivity index is 3.57. The van der Waals surface area contributed by atoms with Crippen molar-refractivity contribution in [1.82, 2.24) is 5.32 Å². The van der Waals surface area contributed by atoms with Crippen molar-refractivity contribution in [3.63, 3.8) is 0 Å². The molecule has 0 bridgehead atoms. The first kappa shape index (κ1) is 21.2. The molecule has 0 spiro atoms. The molecular weight excluding hydrogens is 298 g/mol. The van der Waals surface area contributed by atoms with Crippen LogP contribution in [0.25, 0.3) is 0 Å². The zero-order valence-electron chi connectivity index (χ0n) is 13.9. The third-order valence-electron chi connectivity index (χ3n) is 3.07. The van der Waals surface area contributed by atoms with Crippen molar-refractivity contribution in [2.75, 3.05) is 13.2 Å². The number of aliphatic hydroxyl groups excluding tert-OH is 1. The quantitative estimate of drug-likeness (QED) is 0.357. The predicted octanol–water partition coefficient (Wildman–Crippen LogP) is 3.02. The zero-order chi connectivity index (χ0) is 17.3. The summed E-state index contributed by atoms with van der Waals surface area (Å²) in [6.07, 6.45) is 11.2. The minimum absolute atomic E-state index is 0.0876. The summed E-state index contributed by atoms with van der Waals surface area (Å²) in [6.45, 7) is 2.68. The standard InChI is InChI=1S/C17H29NO5/c1-2-3-5-10-15(19)11-6-4-8-13-18-17(22)23-14-9-7-12-16(20)21/h4,6,8,11,15,19H,2-3,5,7,9-10,12-14H2,1H3,(H,18,22)(H,20,21). The van der Waals surface area contributed by atoms with E-state index in [0.29, 0.717) is 19.4 Å². The van der Waals surface area contributed by atoms with Crippen LogP contribution in [0.5, 0.6) is 0 Å². The van der Waals surface area contributed by atoms with Crippen molar-refractivity contribution in [3.05, 3.63) is 24.3 Å². The molecule has 132 valence electrons. The summed E-state index contributed by atoms with van der Waals surface area (Å²) in [5.74, 6) is -0.844. The van der Waals surface area contributed by atoms with Crippen molar-refractivity contribution in [1.29, 1.82) is 0 Å². The lowest BCUT2D eigenvalue weighted by molar-refractivity contribution is -0.137. The van der Waals surface area contributed by atoms with Gasteiger partial charge in [0.15, 0.2) is 0 Å². The number of aliphatic hydroxyl groups is 1. The Morgan fingerprint density at radius 3 is 2.65 bits per heavy atom. The van der Waals surface area contributed by atoms with Gasteiger partial charge in [0, 0.05) is 13.0 Å². The van der Waals surface area contributed by atoms with Crippen molar-refractivity contribution < 1.29 is 24.5 Å². The molecule has 0 aromatic heterocycles. The normalized spacial score (nSPS) is 12.6. The number of ether oxygens (including phenoxy) is 1. The number of carboxylic acids is 1. The highest BCUT2D eigenvalue weighted by molar-refractivity contribution is 5.67. The van der Waals surface area contributed by atoms with E-state index < -0.39 is 18.2 Å². The number of carboxylic acid groups (broad SMARTS) is 1. The second kappa shape index (κ2) is 15.1. The van der Waals surface area contributed by atoms with E-state index in [4.69, 9.17) is 9.84 Å². The van der Waals surface area contributed by atoms with Crippen LogP contribution < -0.4 is 5.32 Å². The number of nitrogens with one attached hydrogen (secondary N) is 1. The first-order valence-electron chi connectivity index (χ1n) is 8.20. The Bertz CT molecular complexity index is 379. The number of hydrogen-bond donors (Lipinski definition) is 3. The average Bonchev–Trinajstić information content (AvgIpc) is 2.50. The molecular formula is C17H29NO5. The van der Waals surface area contributed by atoms with Crippen LogP contribution in [-0.4, -0.2) is 41.5 Å². The van der Waals surface area contributed by atoms with Gasteiger partial charge in [0.05, 0.1) is 12.7 Å². The van der Waals surface area contributed by atoms with Crippen LogP contribution in [0.3, 0.4) is 0 Å². The molecule has 0 fully saturated rings. The van der Waals surface area contributed by atoms with Crippen LogP contribution >= 0.6 is 0 Å². The summed E-state index contributed by atoms with van der Waals surface area (Å²) in [5, 5.41) is 20.6. The zero-order valence-corrected chi connectivity index (χ0v) is 13.9.